The summed E-state index contributed by atoms with van der Waals surface area (Å²) in [6.07, 6.45) is 0.931. The Kier molecular flexibility index (Phi) is 4.12. The van der Waals surface area contributed by atoms with Gasteiger partial charge >= 0.3 is 0 Å². The summed E-state index contributed by atoms with van der Waals surface area (Å²) in [5, 5.41) is 0. The Bertz CT molecular complexity index is 721. The van der Waals surface area contributed by atoms with Crippen molar-refractivity contribution < 1.29 is 9.53 Å². The number of amides is 1. The molecule has 1 aliphatic carbocycles. The molecule has 120 valence electrons. The highest BCUT2D eigenvalue weighted by Gasteiger charge is 2.45. The fourth-order valence-electron chi connectivity index (χ4n) is 3.15. The lowest BCUT2D eigenvalue weighted by molar-refractivity contribution is -0.119. The molecule has 1 fully saturated rings. The highest BCUT2D eigenvalue weighted by atomic mass is 16.5. The maximum atomic E-state index is 12.8. The van der Waals surface area contributed by atoms with Gasteiger partial charge in [-0.3, -0.25) is 4.79 Å². The Morgan fingerprint density at radius 2 is 1.83 bits per heavy atom. The van der Waals surface area contributed by atoms with Crippen LogP contribution in [0, 0.1) is 19.8 Å². The molecule has 1 aliphatic rings. The smallest absolute Gasteiger partial charge is 0.230 e. The van der Waals surface area contributed by atoms with Crippen LogP contribution in [0.1, 0.15) is 29.0 Å². The molecule has 0 spiro atoms. The number of methoxy groups -OCH3 is 1. The van der Waals surface area contributed by atoms with Crippen LogP contribution in [0.25, 0.3) is 0 Å². The van der Waals surface area contributed by atoms with Gasteiger partial charge in [0.1, 0.15) is 5.75 Å². The summed E-state index contributed by atoms with van der Waals surface area (Å²) in [7, 11) is 3.55. The zero-order valence-corrected chi connectivity index (χ0v) is 14.2. The van der Waals surface area contributed by atoms with Gasteiger partial charge in [0, 0.05) is 18.7 Å². The predicted molar refractivity (Wildman–Crippen MR) is 93.2 cm³/mol. The van der Waals surface area contributed by atoms with Crippen molar-refractivity contribution in [3.63, 3.8) is 0 Å². The van der Waals surface area contributed by atoms with Gasteiger partial charge in [-0.2, -0.15) is 0 Å². The lowest BCUT2D eigenvalue weighted by Crippen LogP contribution is -2.29. The van der Waals surface area contributed by atoms with E-state index in [9.17, 15) is 4.79 Å². The number of carbonyl (C=O) groups excluding carboxylic acids is 1. The normalized spacial score (nSPS) is 19.3. The second kappa shape index (κ2) is 6.07. The van der Waals surface area contributed by atoms with E-state index in [1.54, 1.807) is 7.11 Å². The van der Waals surface area contributed by atoms with Crippen LogP contribution < -0.4 is 9.64 Å². The topological polar surface area (TPSA) is 29.5 Å². The van der Waals surface area contributed by atoms with Gasteiger partial charge in [0.2, 0.25) is 5.91 Å². The van der Waals surface area contributed by atoms with Gasteiger partial charge in [0.15, 0.2) is 0 Å². The summed E-state index contributed by atoms with van der Waals surface area (Å²) in [5.41, 5.74) is 4.61. The van der Waals surface area contributed by atoms with Crippen molar-refractivity contribution in [2.45, 2.75) is 26.2 Å². The molecule has 0 heterocycles. The Morgan fingerprint density at radius 3 is 2.48 bits per heavy atom. The zero-order valence-electron chi connectivity index (χ0n) is 14.2. The molecule has 3 heteroatoms. The largest absolute Gasteiger partial charge is 0.497 e. The molecule has 23 heavy (non-hydrogen) atoms. The van der Waals surface area contributed by atoms with Gasteiger partial charge < -0.3 is 9.64 Å². The molecule has 2 aromatic rings. The Labute approximate surface area is 137 Å². The molecule has 2 atom stereocenters. The third kappa shape index (κ3) is 2.96. The Balaban J connectivity index is 1.73. The summed E-state index contributed by atoms with van der Waals surface area (Å²) < 4.78 is 5.19. The number of rotatable bonds is 4. The minimum absolute atomic E-state index is 0.0910. The summed E-state index contributed by atoms with van der Waals surface area (Å²) >= 11 is 0. The lowest BCUT2D eigenvalue weighted by Gasteiger charge is -2.21. The van der Waals surface area contributed by atoms with E-state index < -0.39 is 0 Å². The van der Waals surface area contributed by atoms with Crippen molar-refractivity contribution in [2.75, 3.05) is 19.1 Å². The molecule has 3 nitrogen and oxygen atoms in total. The number of ether oxygens (including phenoxy) is 1. The molecule has 0 aliphatic heterocycles. The molecule has 1 amide bonds. The first-order valence-electron chi connectivity index (χ1n) is 8.00. The van der Waals surface area contributed by atoms with E-state index in [1.807, 2.05) is 36.2 Å². The first-order chi connectivity index (χ1) is 11.0. The molecule has 3 rings (SSSR count). The summed E-state index contributed by atoms with van der Waals surface area (Å²) in [6, 6.07) is 14.2. The van der Waals surface area contributed by atoms with Gasteiger partial charge in [-0.05, 0) is 61.1 Å². The van der Waals surface area contributed by atoms with Crippen molar-refractivity contribution in [3.05, 3.63) is 59.2 Å². The summed E-state index contributed by atoms with van der Waals surface area (Å²) in [6.45, 7) is 4.15. The van der Waals surface area contributed by atoms with Gasteiger partial charge in [-0.15, -0.1) is 0 Å². The van der Waals surface area contributed by atoms with Crippen LogP contribution in [0.3, 0.4) is 0 Å². The number of aryl methyl sites for hydroxylation is 1. The predicted octanol–water partition coefficient (Wildman–Crippen LogP) is 4.08. The van der Waals surface area contributed by atoms with Crippen LogP contribution in [0.2, 0.25) is 0 Å². The van der Waals surface area contributed by atoms with Crippen molar-refractivity contribution in [3.8, 4) is 5.75 Å². The van der Waals surface area contributed by atoms with Crippen LogP contribution >= 0.6 is 0 Å². The SMILES string of the molecule is COc1ccc([C@@H]2C[C@H]2C(=O)N(C)c2cccc(C)c2C)cc1. The molecule has 0 bridgehead atoms. The fourth-order valence-corrected chi connectivity index (χ4v) is 3.15. The monoisotopic (exact) mass is 309 g/mol. The third-order valence-corrected chi connectivity index (χ3v) is 4.92. The molecule has 0 saturated heterocycles. The van der Waals surface area contributed by atoms with E-state index in [0.717, 1.165) is 17.9 Å². The Morgan fingerprint density at radius 1 is 1.13 bits per heavy atom. The number of hydrogen-bond donors (Lipinski definition) is 0. The fraction of sp³-hybridized carbons (Fsp3) is 0.350. The number of carbonyl (C=O) groups is 1. The highest BCUT2D eigenvalue weighted by molar-refractivity contribution is 5.97. The van der Waals surface area contributed by atoms with Crippen LogP contribution in [0.15, 0.2) is 42.5 Å². The van der Waals surface area contributed by atoms with Crippen molar-refractivity contribution in [2.24, 2.45) is 5.92 Å². The first kappa shape index (κ1) is 15.6. The molecular formula is C20H23NO2. The van der Waals surface area contributed by atoms with Crippen LogP contribution in [0.5, 0.6) is 5.75 Å². The minimum atomic E-state index is 0.0910. The van der Waals surface area contributed by atoms with E-state index in [4.69, 9.17) is 4.74 Å². The van der Waals surface area contributed by atoms with E-state index in [2.05, 4.69) is 32.0 Å². The molecular weight excluding hydrogens is 286 g/mol. The average molecular weight is 309 g/mol. The first-order valence-corrected chi connectivity index (χ1v) is 8.00. The highest BCUT2D eigenvalue weighted by Crippen LogP contribution is 2.49. The summed E-state index contributed by atoms with van der Waals surface area (Å²) in [5.74, 6) is 1.48. The Hall–Kier alpha value is -2.29. The maximum absolute atomic E-state index is 12.8. The third-order valence-electron chi connectivity index (χ3n) is 4.92. The zero-order chi connectivity index (χ0) is 16.6. The quantitative estimate of drug-likeness (QED) is 0.851. The number of nitrogens with zero attached hydrogens (tertiary/aromatic N) is 1. The van der Waals surface area contributed by atoms with Gasteiger partial charge in [0.25, 0.3) is 0 Å². The second-order valence-electron chi connectivity index (χ2n) is 6.34. The second-order valence-corrected chi connectivity index (χ2v) is 6.34. The van der Waals surface area contributed by atoms with Crippen LogP contribution in [-0.2, 0) is 4.79 Å². The van der Waals surface area contributed by atoms with Crippen LogP contribution in [0.4, 0.5) is 5.69 Å². The van der Waals surface area contributed by atoms with E-state index in [-0.39, 0.29) is 11.8 Å². The maximum Gasteiger partial charge on any atom is 0.230 e. The van der Waals surface area contributed by atoms with Crippen molar-refractivity contribution in [1.29, 1.82) is 0 Å². The number of hydrogen-bond acceptors (Lipinski definition) is 2. The standard InChI is InChI=1S/C20H23NO2/c1-13-6-5-7-19(14(13)2)21(3)20(22)18-12-17(18)15-8-10-16(23-4)11-9-15/h5-11,17-18H,12H2,1-4H3/t17-,18+/m0/s1. The number of anilines is 1. The van der Waals surface area contributed by atoms with E-state index in [1.165, 1.54) is 16.7 Å². The molecule has 2 aromatic carbocycles. The van der Waals surface area contributed by atoms with Gasteiger partial charge in [-0.25, -0.2) is 0 Å². The molecule has 0 N–H and O–H groups in total. The lowest BCUT2D eigenvalue weighted by atomic mass is 10.1. The average Bonchev–Trinajstić information content (AvgIpc) is 3.37. The molecule has 0 aromatic heterocycles. The van der Waals surface area contributed by atoms with Crippen molar-refractivity contribution in [1.82, 2.24) is 0 Å². The number of benzene rings is 2. The molecule has 0 radical (unpaired) electrons. The molecule has 1 saturated carbocycles. The van der Waals surface area contributed by atoms with Gasteiger partial charge in [-0.1, -0.05) is 24.3 Å². The summed E-state index contributed by atoms with van der Waals surface area (Å²) in [4.78, 5) is 14.6. The van der Waals surface area contributed by atoms with Crippen molar-refractivity contribution >= 4 is 11.6 Å². The molecule has 0 unspecified atom stereocenters. The van der Waals surface area contributed by atoms with E-state index in [0.29, 0.717) is 5.92 Å². The van der Waals surface area contributed by atoms with E-state index >= 15 is 0 Å². The van der Waals surface area contributed by atoms with Gasteiger partial charge in [0.05, 0.1) is 7.11 Å². The minimum Gasteiger partial charge on any atom is -0.497 e. The van der Waals surface area contributed by atoms with Crippen LogP contribution in [-0.4, -0.2) is 20.1 Å².